The van der Waals surface area contributed by atoms with Crippen LogP contribution in [0.25, 0.3) is 0 Å². The Labute approximate surface area is 187 Å². The Balaban J connectivity index is 1.36. The van der Waals surface area contributed by atoms with Gasteiger partial charge in [-0.1, -0.05) is 54.1 Å². The molecule has 156 valence electrons. The molecule has 1 heterocycles. The van der Waals surface area contributed by atoms with Crippen molar-refractivity contribution in [1.29, 1.82) is 0 Å². The van der Waals surface area contributed by atoms with Crippen molar-refractivity contribution in [1.82, 2.24) is 0 Å². The van der Waals surface area contributed by atoms with Crippen molar-refractivity contribution in [2.24, 2.45) is 17.8 Å². The Morgan fingerprint density at radius 2 is 1.71 bits per heavy atom. The van der Waals surface area contributed by atoms with Crippen molar-refractivity contribution < 1.29 is 4.79 Å². The minimum Gasteiger partial charge on any atom is -0.378 e. The predicted octanol–water partition coefficient (Wildman–Crippen LogP) is 6.89. The normalized spacial score (nSPS) is 27.8. The smallest absolute Gasteiger partial charge is 0.255 e. The van der Waals surface area contributed by atoms with Crippen LogP contribution in [0.4, 0.5) is 11.4 Å². The number of hydrogen-bond acceptors (Lipinski definition) is 2. The number of halogens is 1. The van der Waals surface area contributed by atoms with E-state index in [2.05, 4.69) is 53.1 Å². The van der Waals surface area contributed by atoms with E-state index in [1.807, 2.05) is 24.3 Å². The summed E-state index contributed by atoms with van der Waals surface area (Å²) in [4.78, 5) is 13.0. The average Bonchev–Trinajstić information content (AvgIpc) is 3.43. The number of benzene rings is 3. The number of amides is 1. The van der Waals surface area contributed by atoms with Gasteiger partial charge in [0.15, 0.2) is 0 Å². The van der Waals surface area contributed by atoms with Crippen LogP contribution in [0.15, 0.2) is 72.8 Å². The maximum atomic E-state index is 13.0. The zero-order chi connectivity index (χ0) is 20.9. The van der Waals surface area contributed by atoms with E-state index in [0.29, 0.717) is 34.2 Å². The lowest BCUT2D eigenvalue weighted by Crippen LogP contribution is -2.35. The molecule has 31 heavy (non-hydrogen) atoms. The molecule has 2 saturated carbocycles. The highest BCUT2D eigenvalue weighted by Gasteiger charge is 2.53. The standard InChI is InChI=1S/C27H25ClN2O/c28-21-8-4-5-9-23(21)30-27(31)19-12-13-22-20(15-19)24-17-10-11-18(14-17)25(24)26(29-22)16-6-2-1-3-7-16/h1-9,12-13,15,17-18,24-26,29H,10-11,14H2,(H,30,31)/t17-,18-,24-,25-,26-/m0/s1. The van der Waals surface area contributed by atoms with Crippen LogP contribution in [0, 0.1) is 17.8 Å². The van der Waals surface area contributed by atoms with Gasteiger partial charge in [-0.15, -0.1) is 0 Å². The SMILES string of the molecule is O=C(Nc1ccccc1Cl)c1ccc2c(c1)[C@@H]1[C@H]3CC[C@@H](C3)[C@@H]1[C@H](c1ccccc1)N2. The van der Waals surface area contributed by atoms with Crippen LogP contribution in [0.5, 0.6) is 0 Å². The lowest BCUT2D eigenvalue weighted by atomic mass is 9.68. The molecule has 6 rings (SSSR count). The largest absolute Gasteiger partial charge is 0.378 e. The van der Waals surface area contributed by atoms with Crippen LogP contribution in [0.3, 0.4) is 0 Å². The summed E-state index contributed by atoms with van der Waals surface area (Å²) in [6.07, 6.45) is 3.96. The first-order valence-electron chi connectivity index (χ1n) is 11.2. The maximum absolute atomic E-state index is 13.0. The Bertz CT molecular complexity index is 1140. The average molecular weight is 429 g/mol. The van der Waals surface area contributed by atoms with Crippen molar-refractivity contribution in [3.8, 4) is 0 Å². The molecule has 0 unspecified atom stereocenters. The molecule has 3 aromatic rings. The summed E-state index contributed by atoms with van der Waals surface area (Å²) in [7, 11) is 0. The minimum absolute atomic E-state index is 0.110. The predicted molar refractivity (Wildman–Crippen MR) is 126 cm³/mol. The molecule has 0 aromatic heterocycles. The molecule has 1 amide bonds. The first-order chi connectivity index (χ1) is 15.2. The fourth-order valence-electron chi connectivity index (χ4n) is 6.37. The number of rotatable bonds is 3. The Kier molecular flexibility index (Phi) is 4.53. The molecular formula is C27H25ClN2O. The van der Waals surface area contributed by atoms with Gasteiger partial charge < -0.3 is 10.6 Å². The van der Waals surface area contributed by atoms with Gasteiger partial charge in [-0.2, -0.15) is 0 Å². The number of carbonyl (C=O) groups excluding carboxylic acids is 1. The number of nitrogens with one attached hydrogen (secondary N) is 2. The summed E-state index contributed by atoms with van der Waals surface area (Å²) in [5, 5.41) is 7.36. The van der Waals surface area contributed by atoms with E-state index in [1.165, 1.54) is 36.1 Å². The second kappa shape index (κ2) is 7.42. The van der Waals surface area contributed by atoms with Gasteiger partial charge >= 0.3 is 0 Å². The Morgan fingerprint density at radius 3 is 2.55 bits per heavy atom. The third-order valence-corrected chi connectivity index (χ3v) is 7.96. The molecule has 5 atom stereocenters. The van der Waals surface area contributed by atoms with Gasteiger partial charge in [0.25, 0.3) is 5.91 Å². The molecule has 2 N–H and O–H groups in total. The van der Waals surface area contributed by atoms with Crippen LogP contribution in [-0.4, -0.2) is 5.91 Å². The number of hydrogen-bond donors (Lipinski definition) is 2. The molecule has 2 bridgehead atoms. The quantitative estimate of drug-likeness (QED) is 0.477. The van der Waals surface area contributed by atoms with Gasteiger partial charge in [-0.25, -0.2) is 0 Å². The Hall–Kier alpha value is -2.78. The highest BCUT2D eigenvalue weighted by atomic mass is 35.5. The maximum Gasteiger partial charge on any atom is 0.255 e. The molecule has 4 heteroatoms. The molecule has 1 aliphatic heterocycles. The van der Waals surface area contributed by atoms with E-state index in [0.717, 1.165) is 11.8 Å². The van der Waals surface area contributed by atoms with E-state index < -0.39 is 0 Å². The number of para-hydroxylation sites is 1. The lowest BCUT2D eigenvalue weighted by molar-refractivity contribution is 0.102. The zero-order valence-corrected chi connectivity index (χ0v) is 18.0. The highest BCUT2D eigenvalue weighted by molar-refractivity contribution is 6.33. The molecule has 3 aliphatic rings. The third-order valence-electron chi connectivity index (χ3n) is 7.63. The molecule has 2 fully saturated rings. The van der Waals surface area contributed by atoms with E-state index >= 15 is 0 Å². The zero-order valence-electron chi connectivity index (χ0n) is 17.2. The van der Waals surface area contributed by atoms with Crippen molar-refractivity contribution in [3.63, 3.8) is 0 Å². The second-order valence-electron chi connectivity index (χ2n) is 9.21. The van der Waals surface area contributed by atoms with E-state index in [-0.39, 0.29) is 5.91 Å². The second-order valence-corrected chi connectivity index (χ2v) is 9.61. The highest BCUT2D eigenvalue weighted by Crippen LogP contribution is 2.63. The molecule has 3 nitrogen and oxygen atoms in total. The van der Waals surface area contributed by atoms with Crippen molar-refractivity contribution in [2.75, 3.05) is 10.6 Å². The number of anilines is 2. The molecule has 2 aliphatic carbocycles. The third kappa shape index (κ3) is 3.14. The van der Waals surface area contributed by atoms with Gasteiger partial charge in [0.05, 0.1) is 16.8 Å². The molecule has 0 saturated heterocycles. The van der Waals surface area contributed by atoms with Crippen molar-refractivity contribution in [3.05, 3.63) is 94.5 Å². The molecule has 0 radical (unpaired) electrons. The molecule has 3 aromatic carbocycles. The number of carbonyl (C=O) groups is 1. The summed E-state index contributed by atoms with van der Waals surface area (Å²) < 4.78 is 0. The summed E-state index contributed by atoms with van der Waals surface area (Å²) in [5.74, 6) is 2.50. The monoisotopic (exact) mass is 428 g/mol. The van der Waals surface area contributed by atoms with Crippen LogP contribution in [-0.2, 0) is 0 Å². The minimum atomic E-state index is -0.110. The van der Waals surface area contributed by atoms with E-state index in [9.17, 15) is 4.79 Å². The topological polar surface area (TPSA) is 41.1 Å². The van der Waals surface area contributed by atoms with Gasteiger partial charge in [-0.05, 0) is 84.4 Å². The van der Waals surface area contributed by atoms with E-state index in [1.54, 1.807) is 6.07 Å². The van der Waals surface area contributed by atoms with Gasteiger partial charge in [0.2, 0.25) is 0 Å². The number of fused-ring (bicyclic) bond motifs is 7. The summed E-state index contributed by atoms with van der Waals surface area (Å²) in [6, 6.07) is 24.7. The summed E-state index contributed by atoms with van der Waals surface area (Å²) in [6.45, 7) is 0. The van der Waals surface area contributed by atoms with Gasteiger partial charge in [-0.3, -0.25) is 4.79 Å². The van der Waals surface area contributed by atoms with Gasteiger partial charge in [0, 0.05) is 11.3 Å². The first kappa shape index (κ1) is 18.9. The van der Waals surface area contributed by atoms with Crippen molar-refractivity contribution in [2.45, 2.75) is 31.2 Å². The summed E-state index contributed by atoms with van der Waals surface area (Å²) in [5.41, 5.74) is 5.21. The lowest BCUT2D eigenvalue weighted by Gasteiger charge is -2.43. The van der Waals surface area contributed by atoms with E-state index in [4.69, 9.17) is 11.6 Å². The Morgan fingerprint density at radius 1 is 0.935 bits per heavy atom. The fourth-order valence-corrected chi connectivity index (χ4v) is 6.56. The molecular weight excluding hydrogens is 404 g/mol. The van der Waals surface area contributed by atoms with Crippen LogP contribution >= 0.6 is 11.6 Å². The fraction of sp³-hybridized carbons (Fsp3) is 0.296. The van der Waals surface area contributed by atoms with Crippen molar-refractivity contribution >= 4 is 28.9 Å². The molecule has 0 spiro atoms. The van der Waals surface area contributed by atoms with Crippen LogP contribution < -0.4 is 10.6 Å². The summed E-state index contributed by atoms with van der Waals surface area (Å²) >= 11 is 6.24. The van der Waals surface area contributed by atoms with Crippen LogP contribution in [0.2, 0.25) is 5.02 Å². The van der Waals surface area contributed by atoms with Crippen LogP contribution in [0.1, 0.15) is 52.7 Å². The van der Waals surface area contributed by atoms with Gasteiger partial charge in [0.1, 0.15) is 0 Å². The first-order valence-corrected chi connectivity index (χ1v) is 11.6.